The Hall–Kier alpha value is -0.570. The molecule has 0 aromatic heterocycles. The molecule has 1 heterocycles. The minimum atomic E-state index is -0.131. The largest absolute Gasteiger partial charge is 0.355 e. The van der Waals surface area contributed by atoms with Crippen molar-refractivity contribution in [2.24, 2.45) is 10.8 Å². The number of amides is 1. The molecule has 3 heteroatoms. The molecular formula is C14H26N2O. The average Bonchev–Trinajstić information content (AvgIpc) is 3.08. The lowest BCUT2D eigenvalue weighted by Crippen LogP contribution is -2.47. The first kappa shape index (κ1) is 12.9. The Morgan fingerprint density at radius 1 is 1.24 bits per heavy atom. The third-order valence-electron chi connectivity index (χ3n) is 4.62. The summed E-state index contributed by atoms with van der Waals surface area (Å²) >= 11 is 0. The normalized spacial score (nSPS) is 25.3. The third-order valence-corrected chi connectivity index (χ3v) is 4.62. The van der Waals surface area contributed by atoms with Gasteiger partial charge in [-0.05, 0) is 50.6 Å². The highest BCUT2D eigenvalue weighted by atomic mass is 16.2. The van der Waals surface area contributed by atoms with Crippen molar-refractivity contribution in [2.45, 2.75) is 52.4 Å². The molecule has 1 saturated heterocycles. The van der Waals surface area contributed by atoms with Crippen LogP contribution in [0.25, 0.3) is 0 Å². The first-order valence-corrected chi connectivity index (χ1v) is 7.09. The van der Waals surface area contributed by atoms with Crippen LogP contribution in [-0.4, -0.2) is 25.5 Å². The van der Waals surface area contributed by atoms with E-state index in [0.717, 1.165) is 32.5 Å². The SMILES string of the molecule is CCCC1(CNC(=O)C2(C)CCNCC2)CC1. The first-order chi connectivity index (χ1) is 8.10. The Bertz CT molecular complexity index is 278. The van der Waals surface area contributed by atoms with Gasteiger partial charge in [-0.3, -0.25) is 4.79 Å². The molecule has 0 bridgehead atoms. The number of carbonyl (C=O) groups excluding carboxylic acids is 1. The van der Waals surface area contributed by atoms with Gasteiger partial charge in [0.15, 0.2) is 0 Å². The minimum absolute atomic E-state index is 0.131. The second-order valence-electron chi connectivity index (χ2n) is 6.24. The van der Waals surface area contributed by atoms with Crippen LogP contribution in [0.3, 0.4) is 0 Å². The zero-order valence-electron chi connectivity index (χ0n) is 11.3. The van der Waals surface area contributed by atoms with E-state index in [4.69, 9.17) is 0 Å². The summed E-state index contributed by atoms with van der Waals surface area (Å²) in [7, 11) is 0. The van der Waals surface area contributed by atoms with Crippen LogP contribution in [0.4, 0.5) is 0 Å². The van der Waals surface area contributed by atoms with Crippen molar-refractivity contribution in [1.82, 2.24) is 10.6 Å². The molecule has 2 rings (SSSR count). The van der Waals surface area contributed by atoms with Crippen molar-refractivity contribution in [2.75, 3.05) is 19.6 Å². The maximum atomic E-state index is 12.3. The highest BCUT2D eigenvalue weighted by molar-refractivity contribution is 5.82. The predicted molar refractivity (Wildman–Crippen MR) is 69.8 cm³/mol. The average molecular weight is 238 g/mol. The summed E-state index contributed by atoms with van der Waals surface area (Å²) in [6, 6.07) is 0. The standard InChI is InChI=1S/C14H26N2O/c1-3-4-14(5-6-14)11-16-12(17)13(2)7-9-15-10-8-13/h15H,3-11H2,1-2H3,(H,16,17). The molecule has 1 saturated carbocycles. The number of piperidine rings is 1. The van der Waals surface area contributed by atoms with E-state index in [1.807, 2.05) is 0 Å². The molecule has 0 aromatic carbocycles. The molecule has 1 amide bonds. The minimum Gasteiger partial charge on any atom is -0.355 e. The van der Waals surface area contributed by atoms with Gasteiger partial charge in [-0.25, -0.2) is 0 Å². The van der Waals surface area contributed by atoms with Crippen molar-refractivity contribution in [3.63, 3.8) is 0 Å². The summed E-state index contributed by atoms with van der Waals surface area (Å²) in [6.07, 6.45) is 7.06. The highest BCUT2D eigenvalue weighted by Crippen LogP contribution is 2.49. The van der Waals surface area contributed by atoms with E-state index in [2.05, 4.69) is 24.5 Å². The number of hydrogen-bond donors (Lipinski definition) is 2. The van der Waals surface area contributed by atoms with E-state index in [1.165, 1.54) is 25.7 Å². The van der Waals surface area contributed by atoms with E-state index in [-0.39, 0.29) is 11.3 Å². The predicted octanol–water partition coefficient (Wildman–Crippen LogP) is 2.07. The van der Waals surface area contributed by atoms with E-state index >= 15 is 0 Å². The molecule has 0 radical (unpaired) electrons. The molecule has 0 atom stereocenters. The molecule has 0 unspecified atom stereocenters. The zero-order valence-corrected chi connectivity index (χ0v) is 11.3. The lowest BCUT2D eigenvalue weighted by Gasteiger charge is -2.33. The van der Waals surface area contributed by atoms with Gasteiger partial charge in [0.1, 0.15) is 0 Å². The maximum Gasteiger partial charge on any atom is 0.226 e. The smallest absolute Gasteiger partial charge is 0.226 e. The fourth-order valence-electron chi connectivity index (χ4n) is 2.91. The van der Waals surface area contributed by atoms with Crippen molar-refractivity contribution in [1.29, 1.82) is 0 Å². The fourth-order valence-corrected chi connectivity index (χ4v) is 2.91. The van der Waals surface area contributed by atoms with E-state index < -0.39 is 0 Å². The van der Waals surface area contributed by atoms with Gasteiger partial charge in [-0.1, -0.05) is 20.3 Å². The van der Waals surface area contributed by atoms with Gasteiger partial charge >= 0.3 is 0 Å². The second kappa shape index (κ2) is 4.97. The van der Waals surface area contributed by atoms with Crippen molar-refractivity contribution in [3.8, 4) is 0 Å². The monoisotopic (exact) mass is 238 g/mol. The summed E-state index contributed by atoms with van der Waals surface area (Å²) < 4.78 is 0. The quantitative estimate of drug-likeness (QED) is 0.770. The molecular weight excluding hydrogens is 212 g/mol. The number of carbonyl (C=O) groups is 1. The lowest BCUT2D eigenvalue weighted by molar-refractivity contribution is -0.131. The van der Waals surface area contributed by atoms with Gasteiger partial charge in [0.05, 0.1) is 0 Å². The van der Waals surface area contributed by atoms with Gasteiger partial charge in [0.2, 0.25) is 5.91 Å². The molecule has 17 heavy (non-hydrogen) atoms. The Morgan fingerprint density at radius 2 is 1.88 bits per heavy atom. The number of rotatable bonds is 5. The Balaban J connectivity index is 1.80. The van der Waals surface area contributed by atoms with Crippen LogP contribution >= 0.6 is 0 Å². The van der Waals surface area contributed by atoms with Gasteiger partial charge < -0.3 is 10.6 Å². The molecule has 0 spiro atoms. The highest BCUT2D eigenvalue weighted by Gasteiger charge is 2.43. The lowest BCUT2D eigenvalue weighted by atomic mass is 9.80. The van der Waals surface area contributed by atoms with Gasteiger partial charge in [-0.15, -0.1) is 0 Å². The molecule has 2 N–H and O–H groups in total. The van der Waals surface area contributed by atoms with Crippen LogP contribution in [0.1, 0.15) is 52.4 Å². The topological polar surface area (TPSA) is 41.1 Å². The van der Waals surface area contributed by atoms with Crippen LogP contribution in [-0.2, 0) is 4.79 Å². The van der Waals surface area contributed by atoms with Crippen LogP contribution in [0.5, 0.6) is 0 Å². The molecule has 3 nitrogen and oxygen atoms in total. The van der Waals surface area contributed by atoms with Gasteiger partial charge in [0, 0.05) is 12.0 Å². The maximum absolute atomic E-state index is 12.3. The Morgan fingerprint density at radius 3 is 2.41 bits per heavy atom. The van der Waals surface area contributed by atoms with Crippen LogP contribution in [0, 0.1) is 10.8 Å². The first-order valence-electron chi connectivity index (χ1n) is 7.09. The number of hydrogen-bond acceptors (Lipinski definition) is 2. The summed E-state index contributed by atoms with van der Waals surface area (Å²) in [4.78, 5) is 12.3. The fraction of sp³-hybridized carbons (Fsp3) is 0.929. The Kier molecular flexibility index (Phi) is 3.76. The third kappa shape index (κ3) is 3.01. The van der Waals surface area contributed by atoms with Crippen molar-refractivity contribution < 1.29 is 4.79 Å². The molecule has 0 aromatic rings. The number of nitrogens with one attached hydrogen (secondary N) is 2. The summed E-state index contributed by atoms with van der Waals surface area (Å²) in [6.45, 7) is 7.20. The van der Waals surface area contributed by atoms with Gasteiger partial charge in [0.25, 0.3) is 0 Å². The van der Waals surface area contributed by atoms with Crippen LogP contribution in [0.15, 0.2) is 0 Å². The van der Waals surface area contributed by atoms with E-state index in [0.29, 0.717) is 5.41 Å². The summed E-state index contributed by atoms with van der Waals surface area (Å²) in [5.74, 6) is 0.279. The summed E-state index contributed by atoms with van der Waals surface area (Å²) in [5, 5.41) is 6.53. The van der Waals surface area contributed by atoms with Crippen LogP contribution < -0.4 is 10.6 Å². The van der Waals surface area contributed by atoms with Crippen molar-refractivity contribution >= 4 is 5.91 Å². The molecule has 98 valence electrons. The van der Waals surface area contributed by atoms with E-state index in [9.17, 15) is 4.79 Å². The zero-order chi connectivity index (χ0) is 12.4. The second-order valence-corrected chi connectivity index (χ2v) is 6.24. The Labute approximate surface area is 105 Å². The molecule has 1 aliphatic carbocycles. The molecule has 1 aliphatic heterocycles. The van der Waals surface area contributed by atoms with Crippen molar-refractivity contribution in [3.05, 3.63) is 0 Å². The van der Waals surface area contributed by atoms with Gasteiger partial charge in [-0.2, -0.15) is 0 Å². The summed E-state index contributed by atoms with van der Waals surface area (Å²) in [5.41, 5.74) is 0.335. The van der Waals surface area contributed by atoms with Crippen LogP contribution in [0.2, 0.25) is 0 Å². The molecule has 2 aliphatic rings. The molecule has 2 fully saturated rings. The van der Waals surface area contributed by atoms with E-state index in [1.54, 1.807) is 0 Å².